The van der Waals surface area contributed by atoms with Crippen molar-refractivity contribution in [3.63, 3.8) is 0 Å². The van der Waals surface area contributed by atoms with Gasteiger partial charge in [0.05, 0.1) is 0 Å². The number of phenolic OH excluding ortho intramolecular Hbond substituents is 1. The number of para-hydroxylation sites is 1. The molecule has 0 fully saturated rings. The topological polar surface area (TPSA) is 95.8 Å². The van der Waals surface area contributed by atoms with E-state index < -0.39 is 10.8 Å². The third-order valence-electron chi connectivity index (χ3n) is 0.813. The van der Waals surface area contributed by atoms with E-state index in [2.05, 4.69) is 4.44 Å². The molecule has 0 heterocycles. The smallest absolute Gasteiger partial charge is 0.328 e. The summed E-state index contributed by atoms with van der Waals surface area (Å²) >= 11 is 0. The molecule has 0 aliphatic rings. The molecule has 12 heavy (non-hydrogen) atoms. The van der Waals surface area contributed by atoms with Crippen molar-refractivity contribution in [3.8, 4) is 5.75 Å². The van der Waals surface area contributed by atoms with Gasteiger partial charge in [0.25, 0.3) is 0 Å². The van der Waals surface area contributed by atoms with E-state index in [0.717, 1.165) is 0 Å². The van der Waals surface area contributed by atoms with Gasteiger partial charge >= 0.3 is 10.8 Å². The number of hydrogen-bond donors (Lipinski definition) is 2. The summed E-state index contributed by atoms with van der Waals surface area (Å²) in [5.41, 5.74) is 0. The predicted octanol–water partition coefficient (Wildman–Crippen LogP) is -1.05. The largest absolute Gasteiger partial charge is 0.508 e. The van der Waals surface area contributed by atoms with Crippen LogP contribution >= 0.6 is 0 Å². The Morgan fingerprint density at radius 2 is 1.58 bits per heavy atom. The zero-order chi connectivity index (χ0) is 9.40. The van der Waals surface area contributed by atoms with E-state index in [4.69, 9.17) is 19.7 Å². The van der Waals surface area contributed by atoms with Gasteiger partial charge in [-0.1, -0.05) is 18.2 Å². The van der Waals surface area contributed by atoms with Crippen molar-refractivity contribution in [2.75, 3.05) is 0 Å². The molecule has 0 aliphatic heterocycles. The van der Waals surface area contributed by atoms with Crippen molar-refractivity contribution >= 4 is 0 Å². The Balaban J connectivity index is 0.000000217. The van der Waals surface area contributed by atoms with Crippen LogP contribution in [0.3, 0.4) is 0 Å². The van der Waals surface area contributed by atoms with E-state index in [0.29, 0.717) is 5.75 Å². The summed E-state index contributed by atoms with van der Waals surface area (Å²) in [6, 6.07) is 8.71. The van der Waals surface area contributed by atoms with E-state index in [9.17, 15) is 0 Å². The van der Waals surface area contributed by atoms with Crippen LogP contribution in [-0.4, -0.2) is 10.4 Å². The van der Waals surface area contributed by atoms with Crippen LogP contribution in [0.15, 0.2) is 30.3 Å². The molecule has 0 unspecified atom stereocenters. The van der Waals surface area contributed by atoms with Crippen LogP contribution in [0.2, 0.25) is 0 Å². The van der Waals surface area contributed by atoms with Crippen LogP contribution in [-0.2, 0) is 4.44 Å². The third-order valence-corrected chi connectivity index (χ3v) is 0.925. The highest BCUT2D eigenvalue weighted by atomic mass is 35.6. The molecular formula is C6H7ClO5. The van der Waals surface area contributed by atoms with Crippen LogP contribution < -0.4 is 9.32 Å². The van der Waals surface area contributed by atoms with E-state index in [-0.39, 0.29) is 0 Å². The first-order valence-corrected chi connectivity index (χ1v) is 3.71. The maximum absolute atomic E-state index is 8.86. The second-order valence-corrected chi connectivity index (χ2v) is 2.11. The van der Waals surface area contributed by atoms with Gasteiger partial charge in [0, 0.05) is 0 Å². The Morgan fingerprint density at radius 1 is 1.17 bits per heavy atom. The molecule has 0 amide bonds. The molecule has 0 saturated heterocycles. The van der Waals surface area contributed by atoms with Crippen molar-refractivity contribution < 1.29 is 34.9 Å². The number of halogens is 1. The van der Waals surface area contributed by atoms with Gasteiger partial charge in [-0.25, -0.2) is 0 Å². The third kappa shape index (κ3) is 7.26. The summed E-state index contributed by atoms with van der Waals surface area (Å²) in [6.45, 7) is 0. The Kier molecular flexibility index (Phi) is 6.35. The Bertz CT molecular complexity index is 190. The monoisotopic (exact) mass is 194 g/mol. The van der Waals surface area contributed by atoms with Crippen LogP contribution in [0, 0.1) is 10.8 Å². The molecule has 0 spiro atoms. The fourth-order valence-electron chi connectivity index (χ4n) is 0.428. The molecule has 0 aliphatic carbocycles. The molecule has 1 aromatic rings. The SMILES string of the molecule is Oc1ccccc1.[O-][Cl+2]([O-])OO. The van der Waals surface area contributed by atoms with Crippen molar-refractivity contribution in [1.82, 2.24) is 0 Å². The van der Waals surface area contributed by atoms with Crippen molar-refractivity contribution in [3.05, 3.63) is 30.3 Å². The molecule has 0 aromatic heterocycles. The number of aromatic hydroxyl groups is 1. The average molecular weight is 195 g/mol. The van der Waals surface area contributed by atoms with Crippen LogP contribution in [0.5, 0.6) is 5.75 Å². The van der Waals surface area contributed by atoms with Gasteiger partial charge < -0.3 is 14.4 Å². The molecule has 0 saturated carbocycles. The number of hydrogen-bond acceptors (Lipinski definition) is 5. The second-order valence-electron chi connectivity index (χ2n) is 1.59. The van der Waals surface area contributed by atoms with Crippen molar-refractivity contribution in [1.29, 1.82) is 0 Å². The first-order valence-electron chi connectivity index (χ1n) is 2.78. The summed E-state index contributed by atoms with van der Waals surface area (Å²) in [4.78, 5) is 0. The maximum Gasteiger partial charge on any atom is 0.328 e. The van der Waals surface area contributed by atoms with Gasteiger partial charge in [0.2, 0.25) is 0 Å². The quantitative estimate of drug-likeness (QED) is 0.440. The number of rotatable bonds is 1. The van der Waals surface area contributed by atoms with Gasteiger partial charge in [-0.15, -0.1) is 0 Å². The van der Waals surface area contributed by atoms with E-state index in [1.165, 1.54) is 0 Å². The molecule has 6 heteroatoms. The maximum atomic E-state index is 8.86. The summed E-state index contributed by atoms with van der Waals surface area (Å²) in [7, 11) is -2.49. The summed E-state index contributed by atoms with van der Waals surface area (Å²) in [5, 5.41) is 15.6. The lowest BCUT2D eigenvalue weighted by Crippen LogP contribution is -2.32. The minimum atomic E-state index is -2.49. The fraction of sp³-hybridized carbons (Fsp3) is 0. The molecule has 5 nitrogen and oxygen atoms in total. The normalized spacial score (nSPS) is 9.00. The summed E-state index contributed by atoms with van der Waals surface area (Å²) < 4.78 is 20.3. The zero-order valence-electron chi connectivity index (χ0n) is 5.88. The minimum Gasteiger partial charge on any atom is -0.508 e. The average Bonchev–Trinajstić information content (AvgIpc) is 2.07. The van der Waals surface area contributed by atoms with Gasteiger partial charge in [0.15, 0.2) is 4.44 Å². The van der Waals surface area contributed by atoms with Crippen LogP contribution in [0.25, 0.3) is 0 Å². The first-order chi connectivity index (χ1) is 5.66. The fourth-order valence-corrected chi connectivity index (χ4v) is 0.428. The summed E-state index contributed by atoms with van der Waals surface area (Å²) in [5.74, 6) is 0.322. The molecule has 2 N–H and O–H groups in total. The lowest BCUT2D eigenvalue weighted by atomic mass is 10.3. The molecule has 1 rings (SSSR count). The molecule has 0 radical (unpaired) electrons. The van der Waals surface area contributed by atoms with E-state index in [1.807, 2.05) is 6.07 Å². The summed E-state index contributed by atoms with van der Waals surface area (Å²) in [6.07, 6.45) is 0. The van der Waals surface area contributed by atoms with E-state index >= 15 is 0 Å². The molecule has 0 bridgehead atoms. The highest BCUT2D eigenvalue weighted by Gasteiger charge is 1.97. The van der Waals surface area contributed by atoms with Crippen molar-refractivity contribution in [2.45, 2.75) is 0 Å². The minimum absolute atomic E-state index is 0.322. The zero-order valence-corrected chi connectivity index (χ0v) is 6.64. The highest BCUT2D eigenvalue weighted by Crippen LogP contribution is 2.02. The van der Waals surface area contributed by atoms with Gasteiger partial charge in [-0.05, 0) is 12.1 Å². The number of benzene rings is 1. The van der Waals surface area contributed by atoms with Gasteiger partial charge in [-0.3, -0.25) is 0 Å². The Labute approximate surface area is 71.8 Å². The molecule has 68 valence electrons. The Hall–Kier alpha value is -0.850. The molecule has 1 aromatic carbocycles. The lowest BCUT2D eigenvalue weighted by Gasteiger charge is -1.82. The van der Waals surface area contributed by atoms with Crippen molar-refractivity contribution in [2.24, 2.45) is 0 Å². The van der Waals surface area contributed by atoms with Crippen LogP contribution in [0.4, 0.5) is 0 Å². The predicted molar refractivity (Wildman–Crippen MR) is 31.8 cm³/mol. The number of phenols is 1. The van der Waals surface area contributed by atoms with Crippen LogP contribution in [0.1, 0.15) is 0 Å². The van der Waals surface area contributed by atoms with E-state index in [1.54, 1.807) is 24.3 Å². The second kappa shape index (κ2) is 6.84. The van der Waals surface area contributed by atoms with Gasteiger partial charge in [0.1, 0.15) is 5.75 Å². The lowest BCUT2D eigenvalue weighted by molar-refractivity contribution is -1.64. The first kappa shape index (κ1) is 11.2. The van der Waals surface area contributed by atoms with Gasteiger partial charge in [-0.2, -0.15) is 5.26 Å². The molecular weight excluding hydrogens is 188 g/mol. The Morgan fingerprint density at radius 3 is 1.75 bits per heavy atom. The molecule has 0 atom stereocenters. The standard InChI is InChI=1S/C6H6O.ClHO4/c7-6-4-2-1-3-5-6;2-1(3)5-4/h1-5,7H;4H. The highest BCUT2D eigenvalue weighted by molar-refractivity contribution is 5.18.